The zero-order chi connectivity index (χ0) is 22.6. The van der Waals surface area contributed by atoms with Gasteiger partial charge in [-0.3, -0.25) is 9.59 Å². The first-order valence-corrected chi connectivity index (χ1v) is 10.6. The van der Waals surface area contributed by atoms with Gasteiger partial charge in [0.05, 0.1) is 6.61 Å². The van der Waals surface area contributed by atoms with E-state index in [9.17, 15) is 9.59 Å². The Morgan fingerprint density at radius 3 is 2.19 bits per heavy atom. The summed E-state index contributed by atoms with van der Waals surface area (Å²) in [6, 6.07) is 11.4. The number of benzene rings is 2. The number of carbonyl (C=O) groups is 2. The molecule has 0 bridgehead atoms. The topological polar surface area (TPSA) is 83.3 Å². The van der Waals surface area contributed by atoms with Gasteiger partial charge in [0.2, 0.25) is 0 Å². The van der Waals surface area contributed by atoms with Gasteiger partial charge in [0.25, 0.3) is 0 Å². The van der Waals surface area contributed by atoms with E-state index < -0.39 is 0 Å². The summed E-state index contributed by atoms with van der Waals surface area (Å²) in [5.41, 5.74) is 3.51. The molecule has 7 nitrogen and oxygen atoms in total. The summed E-state index contributed by atoms with van der Waals surface area (Å²) in [4.78, 5) is 25.7. The molecule has 164 valence electrons. The second-order valence-electron chi connectivity index (χ2n) is 8.35. The van der Waals surface area contributed by atoms with Crippen LogP contribution in [0.5, 0.6) is 5.75 Å². The van der Waals surface area contributed by atoms with E-state index in [4.69, 9.17) is 9.47 Å². The molecule has 0 aliphatic rings. The highest BCUT2D eigenvalue weighted by atomic mass is 16.5. The van der Waals surface area contributed by atoms with Crippen molar-refractivity contribution >= 4 is 23.0 Å². The molecule has 0 amide bonds. The van der Waals surface area contributed by atoms with Gasteiger partial charge in [-0.1, -0.05) is 45.9 Å². The minimum Gasteiger partial charge on any atom is -0.466 e. The SMILES string of the molecule is CCOC(=O)CCc1cc(-n2nc3ccccc3n2)c(OC(=O)CC)c(C(C)(C)C)c1. The molecule has 0 radical (unpaired) electrons. The molecule has 31 heavy (non-hydrogen) atoms. The molecule has 0 N–H and O–H groups in total. The van der Waals surface area contributed by atoms with Crippen LogP contribution in [0.3, 0.4) is 0 Å². The van der Waals surface area contributed by atoms with Gasteiger partial charge in [0.15, 0.2) is 5.75 Å². The molecule has 2 aromatic carbocycles. The Balaban J connectivity index is 2.16. The Labute approximate surface area is 182 Å². The number of aryl methyl sites for hydroxylation is 1. The maximum atomic E-state index is 12.3. The minimum absolute atomic E-state index is 0.245. The smallest absolute Gasteiger partial charge is 0.310 e. The first-order valence-electron chi connectivity index (χ1n) is 10.6. The second kappa shape index (κ2) is 9.29. The zero-order valence-electron chi connectivity index (χ0n) is 18.8. The molecule has 0 aliphatic carbocycles. The van der Waals surface area contributed by atoms with Crippen LogP contribution in [0, 0.1) is 0 Å². The van der Waals surface area contributed by atoms with Crippen LogP contribution in [-0.2, 0) is 26.2 Å². The first-order chi connectivity index (χ1) is 14.7. The Hall–Kier alpha value is -3.22. The highest BCUT2D eigenvalue weighted by Crippen LogP contribution is 2.38. The van der Waals surface area contributed by atoms with Crippen LogP contribution in [0.4, 0.5) is 0 Å². The van der Waals surface area contributed by atoms with E-state index in [0.29, 0.717) is 24.5 Å². The average molecular weight is 424 g/mol. The Kier molecular flexibility index (Phi) is 6.73. The molecule has 1 aromatic heterocycles. The van der Waals surface area contributed by atoms with Crippen LogP contribution in [-0.4, -0.2) is 33.5 Å². The number of aromatic nitrogens is 3. The minimum atomic E-state index is -0.331. The van der Waals surface area contributed by atoms with Gasteiger partial charge in [-0.25, -0.2) is 0 Å². The van der Waals surface area contributed by atoms with Crippen LogP contribution in [0.2, 0.25) is 0 Å². The summed E-state index contributed by atoms with van der Waals surface area (Å²) >= 11 is 0. The van der Waals surface area contributed by atoms with Crippen molar-refractivity contribution in [3.8, 4) is 11.4 Å². The van der Waals surface area contributed by atoms with E-state index in [1.54, 1.807) is 13.8 Å². The summed E-state index contributed by atoms with van der Waals surface area (Å²) in [7, 11) is 0. The van der Waals surface area contributed by atoms with Gasteiger partial charge >= 0.3 is 11.9 Å². The highest BCUT2D eigenvalue weighted by molar-refractivity contribution is 5.76. The van der Waals surface area contributed by atoms with Crippen molar-refractivity contribution in [1.29, 1.82) is 0 Å². The summed E-state index contributed by atoms with van der Waals surface area (Å²) in [6.45, 7) is 10.1. The van der Waals surface area contributed by atoms with Crippen molar-refractivity contribution in [1.82, 2.24) is 15.0 Å². The fourth-order valence-electron chi connectivity index (χ4n) is 3.26. The molecule has 0 saturated heterocycles. The number of ether oxygens (including phenoxy) is 2. The molecular weight excluding hydrogens is 394 g/mol. The second-order valence-corrected chi connectivity index (χ2v) is 8.35. The number of rotatable bonds is 7. The van der Waals surface area contributed by atoms with Crippen molar-refractivity contribution in [3.05, 3.63) is 47.5 Å². The van der Waals surface area contributed by atoms with Gasteiger partial charge in [0, 0.05) is 18.4 Å². The van der Waals surface area contributed by atoms with Gasteiger partial charge in [-0.15, -0.1) is 15.0 Å². The third-order valence-corrected chi connectivity index (χ3v) is 4.87. The van der Waals surface area contributed by atoms with Gasteiger partial charge in [-0.05, 0) is 42.5 Å². The Bertz CT molecular complexity index is 1060. The molecule has 3 aromatic rings. The molecular formula is C24H29N3O4. The first kappa shape index (κ1) is 22.5. The molecule has 1 heterocycles. The van der Waals surface area contributed by atoms with Crippen LogP contribution >= 0.6 is 0 Å². The third-order valence-electron chi connectivity index (χ3n) is 4.87. The number of esters is 2. The van der Waals surface area contributed by atoms with Crippen LogP contribution in [0.1, 0.15) is 58.6 Å². The highest BCUT2D eigenvalue weighted by Gasteiger charge is 2.26. The summed E-state index contributed by atoms with van der Waals surface area (Å²) in [5, 5.41) is 9.18. The standard InChI is InChI=1S/C24H29N3O4/c1-6-21(28)31-23-17(24(3,4)5)14-16(12-13-22(29)30-7-2)15-20(23)27-25-18-10-8-9-11-19(18)26-27/h8-11,14-15H,6-7,12-13H2,1-5H3. The normalized spacial score (nSPS) is 11.5. The average Bonchev–Trinajstić information content (AvgIpc) is 3.16. The molecule has 0 spiro atoms. The van der Waals surface area contributed by atoms with Gasteiger partial charge in [-0.2, -0.15) is 0 Å². The maximum absolute atomic E-state index is 12.3. The zero-order valence-corrected chi connectivity index (χ0v) is 18.8. The molecule has 0 unspecified atom stereocenters. The number of carbonyl (C=O) groups excluding carboxylic acids is 2. The molecule has 0 aliphatic heterocycles. The molecule has 0 saturated carbocycles. The maximum Gasteiger partial charge on any atom is 0.310 e. The number of nitrogens with zero attached hydrogens (tertiary/aromatic N) is 3. The van der Waals surface area contributed by atoms with Crippen molar-refractivity contribution in [2.45, 2.75) is 59.3 Å². The van der Waals surface area contributed by atoms with Gasteiger partial charge in [0.1, 0.15) is 16.7 Å². The largest absolute Gasteiger partial charge is 0.466 e. The summed E-state index contributed by atoms with van der Waals surface area (Å²) < 4.78 is 10.9. The van der Waals surface area contributed by atoms with Crippen molar-refractivity contribution < 1.29 is 19.1 Å². The molecule has 0 fully saturated rings. The molecule has 0 atom stereocenters. The lowest BCUT2D eigenvalue weighted by molar-refractivity contribution is -0.143. The number of hydrogen-bond donors (Lipinski definition) is 0. The van der Waals surface area contributed by atoms with Crippen LogP contribution in [0.25, 0.3) is 16.7 Å². The predicted octanol–water partition coefficient (Wildman–Crippen LogP) is 4.53. The quantitative estimate of drug-likeness (QED) is 0.410. The summed E-state index contributed by atoms with van der Waals surface area (Å²) in [6.07, 6.45) is 1.01. The van der Waals surface area contributed by atoms with Crippen molar-refractivity contribution in [2.75, 3.05) is 6.61 Å². The van der Waals surface area contributed by atoms with Crippen LogP contribution in [0.15, 0.2) is 36.4 Å². The predicted molar refractivity (Wildman–Crippen MR) is 118 cm³/mol. The van der Waals surface area contributed by atoms with E-state index >= 15 is 0 Å². The monoisotopic (exact) mass is 423 g/mol. The molecule has 3 rings (SSSR count). The lowest BCUT2D eigenvalue weighted by Crippen LogP contribution is -2.19. The Morgan fingerprint density at radius 2 is 1.65 bits per heavy atom. The lowest BCUT2D eigenvalue weighted by Gasteiger charge is -2.25. The van der Waals surface area contributed by atoms with E-state index in [2.05, 4.69) is 31.0 Å². The number of hydrogen-bond acceptors (Lipinski definition) is 6. The van der Waals surface area contributed by atoms with Gasteiger partial charge < -0.3 is 9.47 Å². The molecule has 7 heteroatoms. The van der Waals surface area contributed by atoms with E-state index in [1.807, 2.05) is 36.4 Å². The Morgan fingerprint density at radius 1 is 1.00 bits per heavy atom. The van der Waals surface area contributed by atoms with Crippen molar-refractivity contribution in [3.63, 3.8) is 0 Å². The van der Waals surface area contributed by atoms with E-state index in [0.717, 1.165) is 22.2 Å². The van der Waals surface area contributed by atoms with Crippen LogP contribution < -0.4 is 4.74 Å². The summed E-state index contributed by atoms with van der Waals surface area (Å²) in [5.74, 6) is -0.131. The fourth-order valence-corrected chi connectivity index (χ4v) is 3.26. The van der Waals surface area contributed by atoms with Crippen molar-refractivity contribution in [2.24, 2.45) is 0 Å². The van der Waals surface area contributed by atoms with E-state index in [-0.39, 0.29) is 30.2 Å². The number of fused-ring (bicyclic) bond motifs is 1. The fraction of sp³-hybridized carbons (Fsp3) is 0.417. The lowest BCUT2D eigenvalue weighted by atomic mass is 9.84. The third kappa shape index (κ3) is 5.29. The van der Waals surface area contributed by atoms with E-state index in [1.165, 1.54) is 4.80 Å².